The highest BCUT2D eigenvalue weighted by Crippen LogP contribution is 2.15. The highest BCUT2D eigenvalue weighted by molar-refractivity contribution is 5.97. The third-order valence-electron chi connectivity index (χ3n) is 3.51. The van der Waals surface area contributed by atoms with Crippen LogP contribution in [0.2, 0.25) is 0 Å². The lowest BCUT2D eigenvalue weighted by Gasteiger charge is -2.14. The molecule has 4 nitrogen and oxygen atoms in total. The first-order chi connectivity index (χ1) is 11.0. The van der Waals surface area contributed by atoms with Gasteiger partial charge in [0.25, 0.3) is 5.91 Å². The molecule has 0 heterocycles. The molecule has 0 spiro atoms. The Hall–Kier alpha value is -2.62. The van der Waals surface area contributed by atoms with Gasteiger partial charge in [-0.1, -0.05) is 44.2 Å². The fraction of sp³-hybridized carbons (Fsp3) is 0.263. The Bertz CT molecular complexity index is 663. The van der Waals surface area contributed by atoms with Gasteiger partial charge in [-0.05, 0) is 42.7 Å². The molecule has 0 fully saturated rings. The lowest BCUT2D eigenvalue weighted by molar-refractivity contribution is -0.123. The van der Waals surface area contributed by atoms with Crippen molar-refractivity contribution >= 4 is 17.6 Å². The van der Waals surface area contributed by atoms with Gasteiger partial charge in [-0.25, -0.2) is 4.79 Å². The van der Waals surface area contributed by atoms with Crippen LogP contribution in [0.1, 0.15) is 42.6 Å². The minimum atomic E-state index is -0.868. The van der Waals surface area contributed by atoms with Gasteiger partial charge in [0.1, 0.15) is 0 Å². The van der Waals surface area contributed by atoms with Crippen LogP contribution in [0.3, 0.4) is 0 Å². The minimum absolute atomic E-state index is 0.358. The molecule has 1 N–H and O–H groups in total. The fourth-order valence-corrected chi connectivity index (χ4v) is 2.05. The number of amides is 1. The van der Waals surface area contributed by atoms with E-state index in [2.05, 4.69) is 19.2 Å². The van der Waals surface area contributed by atoms with Crippen molar-refractivity contribution in [3.05, 3.63) is 65.7 Å². The van der Waals surface area contributed by atoms with Crippen LogP contribution < -0.4 is 5.32 Å². The number of carbonyl (C=O) groups is 2. The lowest BCUT2D eigenvalue weighted by Crippen LogP contribution is -2.29. The molecule has 0 aromatic heterocycles. The van der Waals surface area contributed by atoms with Gasteiger partial charge >= 0.3 is 5.97 Å². The van der Waals surface area contributed by atoms with E-state index < -0.39 is 12.1 Å². The molecule has 0 saturated carbocycles. The number of carbonyl (C=O) groups excluding carboxylic acids is 2. The Balaban J connectivity index is 1.94. The Morgan fingerprint density at radius 2 is 1.52 bits per heavy atom. The van der Waals surface area contributed by atoms with Crippen molar-refractivity contribution in [3.8, 4) is 0 Å². The van der Waals surface area contributed by atoms with E-state index in [4.69, 9.17) is 4.74 Å². The van der Waals surface area contributed by atoms with Crippen molar-refractivity contribution in [3.63, 3.8) is 0 Å². The second-order valence-corrected chi connectivity index (χ2v) is 5.68. The number of anilines is 1. The zero-order chi connectivity index (χ0) is 16.8. The topological polar surface area (TPSA) is 55.4 Å². The van der Waals surface area contributed by atoms with Crippen LogP contribution in [-0.2, 0) is 9.53 Å². The molecule has 4 heteroatoms. The summed E-state index contributed by atoms with van der Waals surface area (Å²) in [6.07, 6.45) is -0.868. The number of para-hydroxylation sites is 1. The number of ether oxygens (including phenoxy) is 1. The van der Waals surface area contributed by atoms with E-state index in [0.717, 1.165) is 5.56 Å². The monoisotopic (exact) mass is 311 g/mol. The first kappa shape index (κ1) is 16.7. The summed E-state index contributed by atoms with van der Waals surface area (Å²) in [6.45, 7) is 5.73. The second-order valence-electron chi connectivity index (χ2n) is 5.68. The molecule has 0 radical (unpaired) electrons. The number of rotatable bonds is 5. The predicted octanol–water partition coefficient (Wildman–Crippen LogP) is 3.99. The maximum absolute atomic E-state index is 12.1. The maximum atomic E-state index is 12.1. The largest absolute Gasteiger partial charge is 0.449 e. The van der Waals surface area contributed by atoms with Gasteiger partial charge in [0.2, 0.25) is 0 Å². The SMILES string of the molecule is CC(C)c1ccc(C(=O)O[C@H](C)C(=O)Nc2ccccc2)cc1. The first-order valence-electron chi connectivity index (χ1n) is 7.64. The number of hydrogen-bond donors (Lipinski definition) is 1. The van der Waals surface area contributed by atoms with Crippen LogP contribution in [0.25, 0.3) is 0 Å². The Kier molecular flexibility index (Phi) is 5.52. The van der Waals surface area contributed by atoms with Crippen LogP contribution in [0.4, 0.5) is 5.69 Å². The number of hydrogen-bond acceptors (Lipinski definition) is 3. The van der Waals surface area contributed by atoms with Gasteiger partial charge < -0.3 is 10.1 Å². The fourth-order valence-electron chi connectivity index (χ4n) is 2.05. The highest BCUT2D eigenvalue weighted by Gasteiger charge is 2.19. The van der Waals surface area contributed by atoms with Crippen molar-refractivity contribution in [2.75, 3.05) is 5.32 Å². The lowest BCUT2D eigenvalue weighted by atomic mass is 10.0. The summed E-state index contributed by atoms with van der Waals surface area (Å²) >= 11 is 0. The van der Waals surface area contributed by atoms with Crippen LogP contribution in [0, 0.1) is 0 Å². The Labute approximate surface area is 136 Å². The average molecular weight is 311 g/mol. The summed E-state index contributed by atoms with van der Waals surface area (Å²) < 4.78 is 5.22. The Morgan fingerprint density at radius 1 is 0.913 bits per heavy atom. The summed E-state index contributed by atoms with van der Waals surface area (Å²) in [5.74, 6) is -0.463. The normalized spacial score (nSPS) is 11.8. The Morgan fingerprint density at radius 3 is 2.09 bits per heavy atom. The zero-order valence-electron chi connectivity index (χ0n) is 13.6. The number of benzene rings is 2. The molecule has 2 aromatic rings. The van der Waals surface area contributed by atoms with Crippen molar-refractivity contribution in [1.29, 1.82) is 0 Å². The third kappa shape index (κ3) is 4.68. The van der Waals surface area contributed by atoms with E-state index in [1.54, 1.807) is 31.2 Å². The average Bonchev–Trinajstić information content (AvgIpc) is 2.55. The van der Waals surface area contributed by atoms with E-state index in [-0.39, 0.29) is 5.91 Å². The predicted molar refractivity (Wildman–Crippen MR) is 90.5 cm³/mol. The van der Waals surface area contributed by atoms with E-state index in [0.29, 0.717) is 17.2 Å². The van der Waals surface area contributed by atoms with Gasteiger partial charge in [0, 0.05) is 5.69 Å². The molecule has 0 unspecified atom stereocenters. The molecule has 2 aromatic carbocycles. The quantitative estimate of drug-likeness (QED) is 0.849. The molecule has 2 rings (SSSR count). The van der Waals surface area contributed by atoms with E-state index in [1.165, 1.54) is 0 Å². The summed E-state index contributed by atoms with van der Waals surface area (Å²) in [5.41, 5.74) is 2.26. The van der Waals surface area contributed by atoms with E-state index >= 15 is 0 Å². The molecule has 0 aliphatic carbocycles. The standard InChI is InChI=1S/C19H21NO3/c1-13(2)15-9-11-16(12-10-15)19(22)23-14(3)18(21)20-17-7-5-4-6-8-17/h4-14H,1-3H3,(H,20,21)/t14-/m1/s1. The molecule has 23 heavy (non-hydrogen) atoms. The van der Waals surface area contributed by atoms with E-state index in [1.807, 2.05) is 30.3 Å². The number of nitrogens with one attached hydrogen (secondary N) is 1. The zero-order valence-corrected chi connectivity index (χ0v) is 13.6. The smallest absolute Gasteiger partial charge is 0.338 e. The minimum Gasteiger partial charge on any atom is -0.449 e. The van der Waals surface area contributed by atoms with Crippen LogP contribution in [0.5, 0.6) is 0 Å². The van der Waals surface area contributed by atoms with Crippen molar-refractivity contribution in [1.82, 2.24) is 0 Å². The summed E-state index contributed by atoms with van der Waals surface area (Å²) in [6, 6.07) is 16.3. The van der Waals surface area contributed by atoms with Crippen molar-refractivity contribution in [2.24, 2.45) is 0 Å². The molecule has 0 aliphatic rings. The van der Waals surface area contributed by atoms with E-state index in [9.17, 15) is 9.59 Å². The first-order valence-corrected chi connectivity index (χ1v) is 7.64. The summed E-state index contributed by atoms with van der Waals surface area (Å²) in [4.78, 5) is 24.1. The second kappa shape index (κ2) is 7.58. The molecule has 0 aliphatic heterocycles. The van der Waals surface area contributed by atoms with Gasteiger partial charge in [0.05, 0.1) is 5.56 Å². The molecule has 0 saturated heterocycles. The van der Waals surface area contributed by atoms with Crippen LogP contribution in [0.15, 0.2) is 54.6 Å². The van der Waals surface area contributed by atoms with Gasteiger partial charge in [-0.15, -0.1) is 0 Å². The third-order valence-corrected chi connectivity index (χ3v) is 3.51. The van der Waals surface area contributed by atoms with Gasteiger partial charge in [0.15, 0.2) is 6.10 Å². The summed E-state index contributed by atoms with van der Waals surface area (Å²) in [5, 5.41) is 2.71. The number of esters is 1. The molecule has 120 valence electrons. The molecular weight excluding hydrogens is 290 g/mol. The molecule has 1 atom stereocenters. The molecule has 1 amide bonds. The van der Waals surface area contributed by atoms with Crippen LogP contribution in [-0.4, -0.2) is 18.0 Å². The van der Waals surface area contributed by atoms with Gasteiger partial charge in [-0.2, -0.15) is 0 Å². The van der Waals surface area contributed by atoms with Gasteiger partial charge in [-0.3, -0.25) is 4.79 Å². The molecule has 0 bridgehead atoms. The highest BCUT2D eigenvalue weighted by atomic mass is 16.5. The van der Waals surface area contributed by atoms with Crippen LogP contribution >= 0.6 is 0 Å². The maximum Gasteiger partial charge on any atom is 0.338 e. The summed E-state index contributed by atoms with van der Waals surface area (Å²) in [7, 11) is 0. The van der Waals surface area contributed by atoms with Crippen molar-refractivity contribution < 1.29 is 14.3 Å². The molecular formula is C19H21NO3. The van der Waals surface area contributed by atoms with Crippen molar-refractivity contribution in [2.45, 2.75) is 32.8 Å².